The van der Waals surface area contributed by atoms with Crippen LogP contribution in [0, 0.1) is 5.82 Å². The highest BCUT2D eigenvalue weighted by Crippen LogP contribution is 2.32. The molecule has 0 spiro atoms. The molecule has 0 radical (unpaired) electrons. The van der Waals surface area contributed by atoms with Crippen LogP contribution >= 0.6 is 23.2 Å². The Morgan fingerprint density at radius 1 is 1.02 bits per heavy atom. The number of carbonyl (C=O) groups excluding carboxylic acids is 1. The number of carbonyl (C=O) groups is 2. The number of nitrogens with zero attached hydrogens (tertiary/aromatic N) is 5. The average Bonchev–Trinajstić information content (AvgIpc) is 2.97. The van der Waals surface area contributed by atoms with Crippen LogP contribution in [0.4, 0.5) is 15.0 Å². The number of halogens is 3. The summed E-state index contributed by atoms with van der Waals surface area (Å²) >= 11 is 12.5. The topological polar surface area (TPSA) is 131 Å². The molecule has 5 rings (SSSR count). The van der Waals surface area contributed by atoms with Gasteiger partial charge in [-0.2, -0.15) is 0 Å². The van der Waals surface area contributed by atoms with Crippen molar-refractivity contribution in [2.24, 2.45) is 0 Å². The number of piperidine rings is 1. The number of hydrogen-bond acceptors (Lipinski definition) is 8. The highest BCUT2D eigenvalue weighted by atomic mass is 35.5. The van der Waals surface area contributed by atoms with Gasteiger partial charge in [0.25, 0.3) is 0 Å². The number of nitrogens with one attached hydrogen (secondary N) is 1. The molecule has 3 N–H and O–H groups in total. The third kappa shape index (κ3) is 8.06. The zero-order chi connectivity index (χ0) is 31.4. The minimum Gasteiger partial charge on any atom is -0.465 e. The zero-order valence-corrected chi connectivity index (χ0v) is 25.6. The maximum atomic E-state index is 15.2. The Labute approximate surface area is 264 Å². The lowest BCUT2D eigenvalue weighted by Crippen LogP contribution is -2.50. The van der Waals surface area contributed by atoms with Gasteiger partial charge in [-0.1, -0.05) is 23.2 Å². The Balaban J connectivity index is 1.34. The molecular formula is C30H33Cl2FN6O5. The molecule has 234 valence electrons. The minimum atomic E-state index is -1.00. The fourth-order valence-electron chi connectivity index (χ4n) is 5.34. The number of aromatic nitrogens is 2. The van der Waals surface area contributed by atoms with E-state index >= 15 is 4.39 Å². The van der Waals surface area contributed by atoms with E-state index in [1.807, 2.05) is 6.07 Å². The van der Waals surface area contributed by atoms with Crippen LogP contribution in [0.15, 0.2) is 42.6 Å². The predicted octanol–water partition coefficient (Wildman–Crippen LogP) is 4.64. The Morgan fingerprint density at radius 3 is 2.32 bits per heavy atom. The largest absolute Gasteiger partial charge is 0.465 e. The maximum Gasteiger partial charge on any atom is 0.407 e. The van der Waals surface area contributed by atoms with Crippen LogP contribution in [0.25, 0.3) is 11.3 Å². The Bertz CT molecular complexity index is 1510. The first-order valence-electron chi connectivity index (χ1n) is 14.2. The third-order valence-corrected chi connectivity index (χ3v) is 8.18. The first kappa shape index (κ1) is 31.7. The Morgan fingerprint density at radius 2 is 1.70 bits per heavy atom. The minimum absolute atomic E-state index is 0.127. The summed E-state index contributed by atoms with van der Waals surface area (Å²) in [6, 6.07) is 10.0. The second-order valence-corrected chi connectivity index (χ2v) is 12.0. The molecule has 11 nitrogen and oxygen atoms in total. The van der Waals surface area contributed by atoms with Crippen LogP contribution in [0.1, 0.15) is 25.3 Å². The van der Waals surface area contributed by atoms with Crippen LogP contribution in [-0.2, 0) is 11.3 Å². The van der Waals surface area contributed by atoms with Crippen LogP contribution in [0.5, 0.6) is 11.6 Å². The van der Waals surface area contributed by atoms with Crippen molar-refractivity contribution in [1.82, 2.24) is 25.1 Å². The summed E-state index contributed by atoms with van der Waals surface area (Å²) in [6.07, 6.45) is 1.41. The van der Waals surface area contributed by atoms with Gasteiger partial charge in [0.05, 0.1) is 17.5 Å². The second kappa shape index (κ2) is 13.5. The number of benzene rings is 1. The summed E-state index contributed by atoms with van der Waals surface area (Å²) in [7, 11) is 0. The van der Waals surface area contributed by atoms with Gasteiger partial charge >= 0.3 is 6.09 Å². The van der Waals surface area contributed by atoms with Crippen LogP contribution in [0.3, 0.4) is 0 Å². The number of carboxylic acid groups (broad SMARTS) is 1. The predicted molar refractivity (Wildman–Crippen MR) is 164 cm³/mol. The summed E-state index contributed by atoms with van der Waals surface area (Å²) in [5, 5.41) is 23.6. The molecule has 0 bridgehead atoms. The molecule has 2 aromatic heterocycles. The van der Waals surface area contributed by atoms with E-state index in [1.165, 1.54) is 24.1 Å². The number of pyridine rings is 2. The molecule has 0 aliphatic carbocycles. The molecule has 44 heavy (non-hydrogen) atoms. The van der Waals surface area contributed by atoms with Crippen molar-refractivity contribution < 1.29 is 28.9 Å². The molecule has 2 aliphatic rings. The number of amides is 2. The van der Waals surface area contributed by atoms with Crippen LogP contribution < -0.4 is 15.0 Å². The standard InChI is InChI=1S/C30H33Cl2FN6O5/c1-19(40)35-18-30(43)2-4-37(5-3-30)17-20-10-26(21-12-22(31)14-23(32)13-21)36-27(11-20)44-24-15-25(33)28(34-16-24)38-6-8-39(9-7-38)29(41)42/h10-16,43H,2-9,17-18H2,1H3,(H,35,40)(H,41,42). The number of ether oxygens (including phenoxy) is 1. The Hall–Kier alpha value is -3.71. The molecule has 2 aliphatic heterocycles. The first-order chi connectivity index (χ1) is 21.0. The molecule has 0 saturated carbocycles. The molecule has 2 amide bonds. The van der Waals surface area contributed by atoms with Crippen molar-refractivity contribution >= 4 is 41.0 Å². The smallest absolute Gasteiger partial charge is 0.407 e. The van der Waals surface area contributed by atoms with Gasteiger partial charge in [0.15, 0.2) is 17.4 Å². The quantitative estimate of drug-likeness (QED) is 0.320. The summed E-state index contributed by atoms with van der Waals surface area (Å²) in [5.41, 5.74) is 1.15. The van der Waals surface area contributed by atoms with Gasteiger partial charge in [0.2, 0.25) is 11.8 Å². The molecule has 14 heteroatoms. The fraction of sp³-hybridized carbons (Fsp3) is 0.400. The van der Waals surface area contributed by atoms with Gasteiger partial charge in [-0.25, -0.2) is 19.2 Å². The lowest BCUT2D eigenvalue weighted by molar-refractivity contribution is -0.120. The van der Waals surface area contributed by atoms with E-state index in [0.29, 0.717) is 66.9 Å². The van der Waals surface area contributed by atoms with Gasteiger partial charge in [-0.15, -0.1) is 0 Å². The van der Waals surface area contributed by atoms with E-state index in [1.54, 1.807) is 29.2 Å². The summed E-state index contributed by atoms with van der Waals surface area (Å²) in [4.78, 5) is 36.6. The van der Waals surface area contributed by atoms with E-state index in [9.17, 15) is 19.8 Å². The van der Waals surface area contributed by atoms with Crippen molar-refractivity contribution in [2.45, 2.75) is 31.9 Å². The average molecular weight is 648 g/mol. The second-order valence-electron chi connectivity index (χ2n) is 11.1. The van der Waals surface area contributed by atoms with Crippen molar-refractivity contribution in [2.75, 3.05) is 50.7 Å². The van der Waals surface area contributed by atoms with Gasteiger partial charge < -0.3 is 30.1 Å². The fourth-order valence-corrected chi connectivity index (χ4v) is 5.86. The number of likely N-dealkylation sites (tertiary alicyclic amines) is 1. The number of anilines is 1. The molecule has 1 aromatic carbocycles. The maximum absolute atomic E-state index is 15.2. The Kier molecular flexibility index (Phi) is 9.74. The summed E-state index contributed by atoms with van der Waals surface area (Å²) < 4.78 is 21.2. The monoisotopic (exact) mass is 646 g/mol. The number of piperazine rings is 1. The third-order valence-electron chi connectivity index (χ3n) is 7.75. The molecule has 0 unspecified atom stereocenters. The van der Waals surface area contributed by atoms with E-state index < -0.39 is 17.5 Å². The number of hydrogen-bond donors (Lipinski definition) is 3. The van der Waals surface area contributed by atoms with Crippen LogP contribution in [-0.4, -0.2) is 93.4 Å². The van der Waals surface area contributed by atoms with Gasteiger partial charge in [-0.05, 0) is 42.7 Å². The van der Waals surface area contributed by atoms with Gasteiger partial charge in [0, 0.05) is 87.0 Å². The highest BCUT2D eigenvalue weighted by Gasteiger charge is 2.32. The van der Waals surface area contributed by atoms with E-state index in [0.717, 1.165) is 5.56 Å². The molecule has 2 saturated heterocycles. The van der Waals surface area contributed by atoms with E-state index in [-0.39, 0.29) is 43.0 Å². The lowest BCUT2D eigenvalue weighted by atomic mass is 9.91. The van der Waals surface area contributed by atoms with Crippen LogP contribution in [0.2, 0.25) is 10.0 Å². The molecule has 2 fully saturated rings. The highest BCUT2D eigenvalue weighted by molar-refractivity contribution is 6.35. The molecule has 4 heterocycles. The van der Waals surface area contributed by atoms with Gasteiger partial charge in [-0.3, -0.25) is 9.69 Å². The SMILES string of the molecule is CC(=O)NCC1(O)CCN(Cc2cc(Oc3cnc(N4CCN(C(=O)O)CC4)c(F)c3)nc(-c3cc(Cl)cc(Cl)c3)c2)CC1. The number of aliphatic hydroxyl groups is 1. The number of rotatable bonds is 8. The zero-order valence-electron chi connectivity index (χ0n) is 24.1. The lowest BCUT2D eigenvalue weighted by Gasteiger charge is -2.38. The van der Waals surface area contributed by atoms with Gasteiger partial charge in [0.1, 0.15) is 0 Å². The van der Waals surface area contributed by atoms with Crippen molar-refractivity contribution in [1.29, 1.82) is 0 Å². The molecule has 0 atom stereocenters. The summed E-state index contributed by atoms with van der Waals surface area (Å²) in [5.74, 6) is -0.277. The van der Waals surface area contributed by atoms with E-state index in [2.05, 4.69) is 20.2 Å². The normalized spacial score (nSPS) is 16.9. The molecule has 3 aromatic rings. The van der Waals surface area contributed by atoms with Crippen molar-refractivity contribution in [3.8, 4) is 22.9 Å². The van der Waals surface area contributed by atoms with Crippen molar-refractivity contribution in [3.63, 3.8) is 0 Å². The molecular weight excluding hydrogens is 614 g/mol. The first-order valence-corrected chi connectivity index (χ1v) is 14.9. The van der Waals surface area contributed by atoms with Crippen molar-refractivity contribution in [3.05, 3.63) is 64.0 Å². The van der Waals surface area contributed by atoms with E-state index in [4.69, 9.17) is 27.9 Å². The summed E-state index contributed by atoms with van der Waals surface area (Å²) in [6.45, 7) is 4.57.